The molecule has 12 heteroatoms. The van der Waals surface area contributed by atoms with Crippen LogP contribution < -0.4 is 14.9 Å². The van der Waals surface area contributed by atoms with E-state index in [0.29, 0.717) is 22.0 Å². The van der Waals surface area contributed by atoms with Crippen LogP contribution in [0.15, 0.2) is 108 Å². The van der Waals surface area contributed by atoms with Crippen LogP contribution in [0, 0.1) is 11.1 Å². The van der Waals surface area contributed by atoms with Gasteiger partial charge in [-0.1, -0.05) is 85.4 Å². The van der Waals surface area contributed by atoms with Gasteiger partial charge in [0.2, 0.25) is 5.91 Å². The molecule has 0 aliphatic carbocycles. The van der Waals surface area contributed by atoms with Crippen molar-refractivity contribution in [3.63, 3.8) is 0 Å². The summed E-state index contributed by atoms with van der Waals surface area (Å²) in [5, 5.41) is 24.9. The molecule has 2 saturated heterocycles. The van der Waals surface area contributed by atoms with E-state index in [0.717, 1.165) is 26.3 Å². The highest BCUT2D eigenvalue weighted by Crippen LogP contribution is 2.43. The summed E-state index contributed by atoms with van der Waals surface area (Å²) in [6.07, 6.45) is -0.947. The fourth-order valence-corrected chi connectivity index (χ4v) is 6.79. The number of pyridine rings is 1. The van der Waals surface area contributed by atoms with Crippen molar-refractivity contribution >= 4 is 35.4 Å². The molecule has 0 bridgehead atoms. The van der Waals surface area contributed by atoms with Crippen molar-refractivity contribution in [2.24, 2.45) is 5.92 Å². The lowest BCUT2D eigenvalue weighted by Crippen LogP contribution is -2.42. The van der Waals surface area contributed by atoms with Gasteiger partial charge in [-0.05, 0) is 34.9 Å². The Morgan fingerprint density at radius 1 is 0.958 bits per heavy atom. The second-order valence-corrected chi connectivity index (χ2v) is 12.7. The third-order valence-electron chi connectivity index (χ3n) is 8.38. The van der Waals surface area contributed by atoms with Crippen molar-refractivity contribution in [2.45, 2.75) is 56.1 Å². The van der Waals surface area contributed by atoms with Gasteiger partial charge in [0.1, 0.15) is 12.6 Å². The molecule has 248 valence electrons. The predicted molar refractivity (Wildman–Crippen MR) is 176 cm³/mol. The van der Waals surface area contributed by atoms with Crippen molar-refractivity contribution in [3.8, 4) is 0 Å². The van der Waals surface area contributed by atoms with Gasteiger partial charge in [-0.15, -0.1) is 0 Å². The van der Waals surface area contributed by atoms with Crippen molar-refractivity contribution in [3.05, 3.63) is 131 Å². The number of aliphatic hydroxyl groups is 1. The van der Waals surface area contributed by atoms with Crippen LogP contribution in [0.25, 0.3) is 0 Å². The molecular formula is C36H35N3O8S. The molecule has 1 aromatic heterocycles. The van der Waals surface area contributed by atoms with Crippen LogP contribution in [0.2, 0.25) is 0 Å². The number of rotatable bonds is 10. The lowest BCUT2D eigenvalue weighted by molar-refractivity contribution is -0.645. The Morgan fingerprint density at radius 2 is 1.67 bits per heavy atom. The Bertz CT molecular complexity index is 1740. The molecule has 3 amide bonds. The van der Waals surface area contributed by atoms with E-state index in [2.05, 4.69) is 5.32 Å². The number of aliphatic hydroxyl groups excluding tert-OH is 1. The molecule has 2 aliphatic heterocycles. The van der Waals surface area contributed by atoms with Crippen LogP contribution in [-0.4, -0.2) is 40.9 Å². The normalized spacial score (nSPS) is 22.5. The van der Waals surface area contributed by atoms with Gasteiger partial charge in [0.05, 0.1) is 30.9 Å². The summed E-state index contributed by atoms with van der Waals surface area (Å²) < 4.78 is 19.0. The van der Waals surface area contributed by atoms with E-state index in [-0.39, 0.29) is 37.8 Å². The molecule has 5 atom stereocenters. The van der Waals surface area contributed by atoms with Crippen LogP contribution in [0.5, 0.6) is 0 Å². The average molecular weight is 670 g/mol. The first-order valence-electron chi connectivity index (χ1n) is 15.6. The van der Waals surface area contributed by atoms with Gasteiger partial charge >= 0.3 is 6.09 Å². The molecule has 4 aromatic rings. The van der Waals surface area contributed by atoms with Gasteiger partial charge in [0.15, 0.2) is 12.5 Å². The summed E-state index contributed by atoms with van der Waals surface area (Å²) >= 11 is 1.40. The summed E-state index contributed by atoms with van der Waals surface area (Å²) in [6.45, 7) is 2.01. The highest BCUT2D eigenvalue weighted by molar-refractivity contribution is 7.99. The van der Waals surface area contributed by atoms with Gasteiger partial charge in [0.25, 0.3) is 10.9 Å². The molecule has 0 radical (unpaired) electrons. The number of anilines is 1. The van der Waals surface area contributed by atoms with E-state index < -0.39 is 30.2 Å². The highest BCUT2D eigenvalue weighted by atomic mass is 32.2. The lowest BCUT2D eigenvalue weighted by Gasteiger charge is -2.41. The largest absolute Gasteiger partial charge is 0.618 e. The number of aromatic nitrogens is 1. The molecule has 1 unspecified atom stereocenters. The van der Waals surface area contributed by atoms with Crippen LogP contribution in [0.1, 0.15) is 48.0 Å². The quantitative estimate of drug-likeness (QED) is 0.104. The van der Waals surface area contributed by atoms with Crippen LogP contribution in [0.3, 0.4) is 0 Å². The van der Waals surface area contributed by atoms with Gasteiger partial charge in [0, 0.05) is 29.4 Å². The van der Waals surface area contributed by atoms with Crippen molar-refractivity contribution in [1.82, 2.24) is 5.32 Å². The Morgan fingerprint density at radius 3 is 2.38 bits per heavy atom. The zero-order valence-corrected chi connectivity index (χ0v) is 27.0. The van der Waals surface area contributed by atoms with Crippen molar-refractivity contribution in [1.29, 1.82) is 0 Å². The Balaban J connectivity index is 1.15. The number of hydrogen-bond donors (Lipinski definition) is 2. The van der Waals surface area contributed by atoms with Crippen LogP contribution in [-0.2, 0) is 37.0 Å². The summed E-state index contributed by atoms with van der Waals surface area (Å²) in [6, 6.07) is 27.7. The molecule has 6 rings (SSSR count). The maximum atomic E-state index is 13.2. The molecule has 0 spiro atoms. The fraction of sp³-hybridized carbons (Fsp3) is 0.278. The Kier molecular flexibility index (Phi) is 10.4. The lowest BCUT2D eigenvalue weighted by atomic mass is 9.91. The minimum atomic E-state index is -1.04. The summed E-state index contributed by atoms with van der Waals surface area (Å²) in [7, 11) is 0. The Hall–Kier alpha value is -4.75. The first kappa shape index (κ1) is 33.2. The van der Waals surface area contributed by atoms with E-state index in [1.165, 1.54) is 18.0 Å². The van der Waals surface area contributed by atoms with E-state index >= 15 is 0 Å². The molecule has 0 saturated carbocycles. The summed E-state index contributed by atoms with van der Waals surface area (Å²) in [5.74, 6) is -0.584. The van der Waals surface area contributed by atoms with Crippen LogP contribution in [0.4, 0.5) is 10.5 Å². The minimum Gasteiger partial charge on any atom is -0.618 e. The first-order chi connectivity index (χ1) is 23.3. The zero-order valence-electron chi connectivity index (χ0n) is 26.1. The number of imide groups is 1. The molecule has 2 N–H and O–H groups in total. The fourth-order valence-electron chi connectivity index (χ4n) is 5.71. The van der Waals surface area contributed by atoms with Crippen molar-refractivity contribution < 1.29 is 38.4 Å². The molecule has 2 fully saturated rings. The van der Waals surface area contributed by atoms with Gasteiger partial charge < -0.3 is 29.8 Å². The topological polar surface area (TPSA) is 141 Å². The molecule has 48 heavy (non-hydrogen) atoms. The number of ether oxygens (including phenoxy) is 3. The predicted octanol–water partition coefficient (Wildman–Crippen LogP) is 4.95. The second kappa shape index (κ2) is 15.0. The van der Waals surface area contributed by atoms with Crippen LogP contribution >= 0.6 is 11.8 Å². The molecule has 2 aliphatic rings. The maximum Gasteiger partial charge on any atom is 0.408 e. The number of amides is 3. The molecule has 3 heterocycles. The average Bonchev–Trinajstić information content (AvgIpc) is 3.39. The number of hydrogen-bond acceptors (Lipinski definition) is 9. The smallest absolute Gasteiger partial charge is 0.408 e. The number of alkyl carbamates (subject to hydrolysis) is 1. The summed E-state index contributed by atoms with van der Waals surface area (Å²) in [4.78, 5) is 39.5. The van der Waals surface area contributed by atoms with E-state index in [1.54, 1.807) is 36.4 Å². The van der Waals surface area contributed by atoms with E-state index in [4.69, 9.17) is 14.2 Å². The van der Waals surface area contributed by atoms with E-state index in [1.807, 2.05) is 67.6 Å². The number of carbonyl (C=O) groups is 3. The minimum absolute atomic E-state index is 0.0378. The highest BCUT2D eigenvalue weighted by Gasteiger charge is 2.42. The summed E-state index contributed by atoms with van der Waals surface area (Å²) in [5.41, 5.74) is 3.54. The SMILES string of the molecule is C[C@H]1[C@@H](CSc2cccc[n+]2[O-])O[C@@H](c2ccc(N3C(=O)CC(NC(=O)OCc4ccccc4)C3=O)cc2)O[C@H]1c1ccc(CO)cc1. The van der Waals surface area contributed by atoms with Gasteiger partial charge in [-0.2, -0.15) is 4.73 Å². The third kappa shape index (κ3) is 7.52. The maximum absolute atomic E-state index is 13.2. The molecular weight excluding hydrogens is 634 g/mol. The van der Waals surface area contributed by atoms with Gasteiger partial charge in [-0.25, -0.2) is 9.69 Å². The van der Waals surface area contributed by atoms with Crippen molar-refractivity contribution in [2.75, 3.05) is 10.7 Å². The van der Waals surface area contributed by atoms with Gasteiger partial charge in [-0.3, -0.25) is 9.59 Å². The second-order valence-electron chi connectivity index (χ2n) is 11.6. The monoisotopic (exact) mass is 669 g/mol. The first-order valence-corrected chi connectivity index (χ1v) is 16.5. The standard InChI is InChI=1S/C36H35N3O8S/c1-23-30(22-48-32-9-5-6-18-38(32)44)46-35(47-33(23)26-12-10-24(20-40)11-13-26)27-14-16-28(17-15-27)39-31(41)19-29(34(39)42)37-36(43)45-21-25-7-3-2-4-8-25/h2-18,23,29-30,33,35,40H,19-22H2,1H3,(H,37,43)/t23-,29?,30+,33+,35+/m0/s1. The van der Waals surface area contributed by atoms with E-state index in [9.17, 15) is 24.7 Å². The third-order valence-corrected chi connectivity index (χ3v) is 9.49. The number of thioether (sulfide) groups is 1. The molecule has 11 nitrogen and oxygen atoms in total. The Labute approximate surface area is 282 Å². The molecule has 3 aromatic carbocycles. The zero-order chi connectivity index (χ0) is 33.6. The number of nitrogens with one attached hydrogen (secondary N) is 1. The number of carbonyl (C=O) groups excluding carboxylic acids is 3. The number of benzene rings is 3. The number of nitrogens with zero attached hydrogens (tertiary/aromatic N) is 2.